The van der Waals surface area contributed by atoms with Crippen molar-refractivity contribution in [3.63, 3.8) is 0 Å². The Hall–Kier alpha value is -1.91. The zero-order valence-corrected chi connectivity index (χ0v) is 14.8. The molecule has 3 rings (SSSR count). The molecule has 118 valence electrons. The number of hydrogen-bond donors (Lipinski definition) is 0. The van der Waals surface area contributed by atoms with Gasteiger partial charge in [0.05, 0.1) is 0 Å². The second-order valence-corrected chi connectivity index (χ2v) is 6.71. The number of aryl methyl sites for hydroxylation is 1. The Bertz CT molecular complexity index is 901. The van der Waals surface area contributed by atoms with E-state index in [1.165, 1.54) is 5.56 Å². The molecule has 0 amide bonds. The van der Waals surface area contributed by atoms with Crippen LogP contribution in [0.1, 0.15) is 16.7 Å². The van der Waals surface area contributed by atoms with Gasteiger partial charge >= 0.3 is 5.63 Å². The summed E-state index contributed by atoms with van der Waals surface area (Å²) in [5.41, 5.74) is 3.65. The van der Waals surface area contributed by atoms with E-state index >= 15 is 0 Å². The van der Waals surface area contributed by atoms with E-state index in [0.717, 1.165) is 27.5 Å². The Kier molecular flexibility index (Phi) is 4.64. The summed E-state index contributed by atoms with van der Waals surface area (Å²) in [5.74, 6) is 0. The smallest absolute Gasteiger partial charge is 0.336 e. The van der Waals surface area contributed by atoms with Crippen LogP contribution >= 0.6 is 15.9 Å². The summed E-state index contributed by atoms with van der Waals surface area (Å²) in [5, 5.41) is 0.995. The third-order valence-electron chi connectivity index (χ3n) is 3.82. The Morgan fingerprint density at radius 2 is 1.78 bits per heavy atom. The van der Waals surface area contributed by atoms with Gasteiger partial charge in [-0.15, -0.1) is 0 Å². The molecule has 0 aliphatic rings. The fraction of sp³-hybridized carbons (Fsp3) is 0.211. The molecule has 0 bridgehead atoms. The highest BCUT2D eigenvalue weighted by Gasteiger charge is 2.10. The lowest BCUT2D eigenvalue weighted by molar-refractivity contribution is 0.319. The van der Waals surface area contributed by atoms with E-state index in [4.69, 9.17) is 4.42 Å². The van der Waals surface area contributed by atoms with E-state index in [-0.39, 0.29) is 5.63 Å². The number of halogens is 1. The van der Waals surface area contributed by atoms with Gasteiger partial charge in [-0.25, -0.2) is 4.79 Å². The molecule has 1 aromatic heterocycles. The molecule has 23 heavy (non-hydrogen) atoms. The van der Waals surface area contributed by atoms with E-state index in [2.05, 4.69) is 26.9 Å². The van der Waals surface area contributed by atoms with Crippen molar-refractivity contribution in [3.8, 4) is 0 Å². The Balaban J connectivity index is 1.89. The highest BCUT2D eigenvalue weighted by atomic mass is 79.9. The standard InChI is InChI=1S/C19H18BrNO2/c1-13-7-8-16-15(10-19(22)23-18(16)9-13)12-21(2)11-14-5-3-4-6-17(14)20/h3-10H,11-12H2,1-2H3. The van der Waals surface area contributed by atoms with Crippen LogP contribution in [0, 0.1) is 6.92 Å². The Morgan fingerprint density at radius 3 is 2.57 bits per heavy atom. The lowest BCUT2D eigenvalue weighted by Gasteiger charge is -2.18. The van der Waals surface area contributed by atoms with E-state index < -0.39 is 0 Å². The molecule has 0 atom stereocenters. The first-order valence-corrected chi connectivity index (χ1v) is 8.27. The minimum Gasteiger partial charge on any atom is -0.423 e. The maximum atomic E-state index is 11.8. The van der Waals surface area contributed by atoms with Gasteiger partial charge in [0.1, 0.15) is 5.58 Å². The summed E-state index contributed by atoms with van der Waals surface area (Å²) >= 11 is 3.58. The number of fused-ring (bicyclic) bond motifs is 1. The van der Waals surface area contributed by atoms with Gasteiger partial charge in [0.15, 0.2) is 0 Å². The summed E-state index contributed by atoms with van der Waals surface area (Å²) in [6, 6.07) is 15.7. The van der Waals surface area contributed by atoms with Gasteiger partial charge < -0.3 is 4.42 Å². The van der Waals surface area contributed by atoms with Gasteiger partial charge in [-0.05, 0) is 42.8 Å². The SMILES string of the molecule is Cc1ccc2c(CN(C)Cc3ccccc3Br)cc(=O)oc2c1. The van der Waals surface area contributed by atoms with E-state index in [0.29, 0.717) is 12.1 Å². The van der Waals surface area contributed by atoms with Crippen LogP contribution in [0.15, 0.2) is 62.2 Å². The van der Waals surface area contributed by atoms with Crippen LogP contribution in [-0.4, -0.2) is 11.9 Å². The number of nitrogens with zero attached hydrogens (tertiary/aromatic N) is 1. The second-order valence-electron chi connectivity index (χ2n) is 5.85. The zero-order valence-electron chi connectivity index (χ0n) is 13.2. The number of benzene rings is 2. The quantitative estimate of drug-likeness (QED) is 0.633. The number of rotatable bonds is 4. The van der Waals surface area contributed by atoms with Crippen molar-refractivity contribution in [1.29, 1.82) is 0 Å². The molecular formula is C19H18BrNO2. The average molecular weight is 372 g/mol. The molecule has 0 radical (unpaired) electrons. The summed E-state index contributed by atoms with van der Waals surface area (Å²) in [4.78, 5) is 14.0. The minimum absolute atomic E-state index is 0.299. The topological polar surface area (TPSA) is 33.5 Å². The summed E-state index contributed by atoms with van der Waals surface area (Å²) in [6.07, 6.45) is 0. The number of hydrogen-bond acceptors (Lipinski definition) is 3. The molecule has 0 spiro atoms. The van der Waals surface area contributed by atoms with E-state index in [1.807, 2.05) is 50.4 Å². The van der Waals surface area contributed by atoms with Crippen molar-refractivity contribution in [3.05, 3.63) is 80.1 Å². The second kappa shape index (κ2) is 6.69. The van der Waals surface area contributed by atoms with Crippen LogP contribution in [-0.2, 0) is 13.1 Å². The predicted octanol–water partition coefficient (Wildman–Crippen LogP) is 4.50. The van der Waals surface area contributed by atoms with Crippen molar-refractivity contribution in [2.45, 2.75) is 20.0 Å². The molecule has 0 aliphatic carbocycles. The molecule has 3 aromatic rings. The minimum atomic E-state index is -0.299. The normalized spacial score (nSPS) is 11.3. The summed E-state index contributed by atoms with van der Waals surface area (Å²) in [7, 11) is 2.05. The first kappa shape index (κ1) is 16.0. The highest BCUT2D eigenvalue weighted by molar-refractivity contribution is 9.10. The average Bonchev–Trinajstić information content (AvgIpc) is 2.49. The fourth-order valence-corrected chi connectivity index (χ4v) is 3.14. The first-order valence-electron chi connectivity index (χ1n) is 7.48. The van der Waals surface area contributed by atoms with Gasteiger partial charge in [-0.2, -0.15) is 0 Å². The van der Waals surface area contributed by atoms with Crippen LogP contribution in [0.2, 0.25) is 0 Å². The Morgan fingerprint density at radius 1 is 1.04 bits per heavy atom. The largest absolute Gasteiger partial charge is 0.423 e. The third kappa shape index (κ3) is 3.71. The maximum absolute atomic E-state index is 11.8. The van der Waals surface area contributed by atoms with Crippen LogP contribution in [0.3, 0.4) is 0 Å². The van der Waals surface area contributed by atoms with Crippen LogP contribution in [0.25, 0.3) is 11.0 Å². The molecule has 2 aromatic carbocycles. The molecule has 1 heterocycles. The third-order valence-corrected chi connectivity index (χ3v) is 4.60. The molecule has 0 unspecified atom stereocenters. The fourth-order valence-electron chi connectivity index (χ4n) is 2.73. The lowest BCUT2D eigenvalue weighted by Crippen LogP contribution is -2.18. The van der Waals surface area contributed by atoms with Crippen LogP contribution < -0.4 is 5.63 Å². The Labute approximate surface area is 143 Å². The molecule has 0 saturated heterocycles. The van der Waals surface area contributed by atoms with Crippen molar-refractivity contribution < 1.29 is 4.42 Å². The molecule has 0 N–H and O–H groups in total. The summed E-state index contributed by atoms with van der Waals surface area (Å²) in [6.45, 7) is 3.48. The molecule has 0 saturated carbocycles. The molecule has 3 nitrogen and oxygen atoms in total. The highest BCUT2D eigenvalue weighted by Crippen LogP contribution is 2.22. The van der Waals surface area contributed by atoms with Crippen LogP contribution in [0.4, 0.5) is 0 Å². The van der Waals surface area contributed by atoms with Gasteiger partial charge in [0, 0.05) is 29.0 Å². The summed E-state index contributed by atoms with van der Waals surface area (Å²) < 4.78 is 6.42. The molecule has 0 fully saturated rings. The first-order chi connectivity index (χ1) is 11.0. The van der Waals surface area contributed by atoms with Gasteiger partial charge in [-0.1, -0.05) is 46.3 Å². The van der Waals surface area contributed by atoms with Crippen molar-refractivity contribution in [1.82, 2.24) is 4.90 Å². The molecule has 4 heteroatoms. The van der Waals surface area contributed by atoms with Crippen LogP contribution in [0.5, 0.6) is 0 Å². The predicted molar refractivity (Wildman–Crippen MR) is 96.5 cm³/mol. The van der Waals surface area contributed by atoms with Crippen molar-refractivity contribution in [2.24, 2.45) is 0 Å². The van der Waals surface area contributed by atoms with E-state index in [9.17, 15) is 4.79 Å². The van der Waals surface area contributed by atoms with E-state index in [1.54, 1.807) is 6.07 Å². The molecular weight excluding hydrogens is 354 g/mol. The van der Waals surface area contributed by atoms with Gasteiger partial charge in [0.2, 0.25) is 0 Å². The lowest BCUT2D eigenvalue weighted by atomic mass is 10.1. The zero-order chi connectivity index (χ0) is 16.4. The maximum Gasteiger partial charge on any atom is 0.336 e. The van der Waals surface area contributed by atoms with Gasteiger partial charge in [-0.3, -0.25) is 4.90 Å². The monoisotopic (exact) mass is 371 g/mol. The molecule has 0 aliphatic heterocycles. The van der Waals surface area contributed by atoms with Gasteiger partial charge in [0.25, 0.3) is 0 Å². The van der Waals surface area contributed by atoms with Crippen molar-refractivity contribution >= 4 is 26.9 Å². The van der Waals surface area contributed by atoms with Crippen molar-refractivity contribution in [2.75, 3.05) is 7.05 Å².